The second-order valence-electron chi connectivity index (χ2n) is 3.43. The first kappa shape index (κ1) is 6.83. The van der Waals surface area contributed by atoms with Crippen LogP contribution in [0.3, 0.4) is 0 Å². The van der Waals surface area contributed by atoms with Crippen molar-refractivity contribution in [1.29, 1.82) is 0 Å². The van der Waals surface area contributed by atoms with Gasteiger partial charge >= 0.3 is 0 Å². The van der Waals surface area contributed by atoms with Gasteiger partial charge in [0.15, 0.2) is 5.82 Å². The molecule has 1 fully saturated rings. The van der Waals surface area contributed by atoms with Crippen LogP contribution in [0, 0.1) is 0 Å². The van der Waals surface area contributed by atoms with E-state index in [4.69, 9.17) is 4.52 Å². The fourth-order valence-electron chi connectivity index (χ4n) is 1.05. The molecule has 2 rings (SSSR count). The minimum absolute atomic E-state index is 0.247. The van der Waals surface area contributed by atoms with Crippen molar-refractivity contribution in [2.45, 2.75) is 38.5 Å². The van der Waals surface area contributed by atoms with Crippen molar-refractivity contribution in [2.75, 3.05) is 0 Å². The van der Waals surface area contributed by atoms with Gasteiger partial charge in [-0.25, -0.2) is 0 Å². The Balaban J connectivity index is 2.25. The van der Waals surface area contributed by atoms with Crippen LogP contribution in [0.2, 0.25) is 0 Å². The predicted octanol–water partition coefficient (Wildman–Crippen LogP) is 1.68. The first-order chi connectivity index (χ1) is 5.24. The van der Waals surface area contributed by atoms with Crippen LogP contribution in [0.4, 0.5) is 0 Å². The lowest BCUT2D eigenvalue weighted by atomic mass is 10.1. The molecule has 1 aromatic heterocycles. The largest absolute Gasteiger partial charge is 0.339 e. The molecule has 0 radical (unpaired) electrons. The number of rotatable bonds is 2. The van der Waals surface area contributed by atoms with E-state index in [1.165, 1.54) is 12.8 Å². The van der Waals surface area contributed by atoms with Crippen LogP contribution in [0.25, 0.3) is 0 Å². The second-order valence-corrected chi connectivity index (χ2v) is 3.43. The zero-order valence-electron chi connectivity index (χ0n) is 6.92. The molecule has 0 atom stereocenters. The van der Waals surface area contributed by atoms with E-state index >= 15 is 0 Å². The van der Waals surface area contributed by atoms with Crippen LogP contribution in [-0.4, -0.2) is 10.1 Å². The smallest absolute Gasteiger partial charge is 0.226 e. The Bertz CT molecular complexity index is 263. The van der Waals surface area contributed by atoms with Gasteiger partial charge in [0.05, 0.1) is 0 Å². The lowest BCUT2D eigenvalue weighted by Crippen LogP contribution is -2.02. The summed E-state index contributed by atoms with van der Waals surface area (Å²) in [5, 5.41) is 3.93. The minimum atomic E-state index is 0.247. The molecule has 1 aromatic rings. The zero-order chi connectivity index (χ0) is 7.90. The molecule has 0 saturated heterocycles. The molecule has 3 heteroatoms. The number of hydrogen-bond donors (Lipinski definition) is 0. The highest BCUT2D eigenvalue weighted by Gasteiger charge is 2.43. The quantitative estimate of drug-likeness (QED) is 0.647. The third-order valence-corrected chi connectivity index (χ3v) is 2.31. The van der Waals surface area contributed by atoms with Gasteiger partial charge in [0.2, 0.25) is 5.89 Å². The molecule has 0 amide bonds. The summed E-state index contributed by atoms with van der Waals surface area (Å²) in [6.45, 7) is 4.20. The first-order valence-electron chi connectivity index (χ1n) is 4.08. The molecule has 1 aliphatic rings. The molecular formula is C8H12N2O. The lowest BCUT2D eigenvalue weighted by Gasteiger charge is -1.96. The Morgan fingerprint density at radius 1 is 1.55 bits per heavy atom. The van der Waals surface area contributed by atoms with E-state index in [2.05, 4.69) is 17.1 Å². The van der Waals surface area contributed by atoms with Crippen molar-refractivity contribution >= 4 is 0 Å². The monoisotopic (exact) mass is 152 g/mol. The van der Waals surface area contributed by atoms with E-state index in [-0.39, 0.29) is 5.41 Å². The Hall–Kier alpha value is -0.860. The molecule has 0 N–H and O–H groups in total. The standard InChI is InChI=1S/C8H12N2O/c1-3-6-9-7(10-11-6)8(2)4-5-8/h3-5H2,1-2H3. The molecule has 0 aliphatic heterocycles. The van der Waals surface area contributed by atoms with Gasteiger partial charge in [0.1, 0.15) is 0 Å². The summed E-state index contributed by atoms with van der Waals surface area (Å²) in [5.41, 5.74) is 0.247. The van der Waals surface area contributed by atoms with Gasteiger partial charge in [0, 0.05) is 11.8 Å². The fraction of sp³-hybridized carbons (Fsp3) is 0.750. The maximum Gasteiger partial charge on any atom is 0.226 e. The predicted molar refractivity (Wildman–Crippen MR) is 40.3 cm³/mol. The molecular weight excluding hydrogens is 140 g/mol. The summed E-state index contributed by atoms with van der Waals surface area (Å²) >= 11 is 0. The van der Waals surface area contributed by atoms with E-state index < -0.39 is 0 Å². The van der Waals surface area contributed by atoms with Crippen LogP contribution < -0.4 is 0 Å². The number of hydrogen-bond acceptors (Lipinski definition) is 3. The van der Waals surface area contributed by atoms with Crippen molar-refractivity contribution < 1.29 is 4.52 Å². The van der Waals surface area contributed by atoms with Gasteiger partial charge in [-0.3, -0.25) is 0 Å². The number of aryl methyl sites for hydroxylation is 1. The van der Waals surface area contributed by atoms with Gasteiger partial charge in [0.25, 0.3) is 0 Å². The van der Waals surface area contributed by atoms with Gasteiger partial charge in [-0.15, -0.1) is 0 Å². The molecule has 0 spiro atoms. The van der Waals surface area contributed by atoms with E-state index in [9.17, 15) is 0 Å². The molecule has 1 saturated carbocycles. The molecule has 1 heterocycles. The average molecular weight is 152 g/mol. The second kappa shape index (κ2) is 2.06. The topological polar surface area (TPSA) is 38.9 Å². The van der Waals surface area contributed by atoms with Gasteiger partial charge in [-0.2, -0.15) is 4.98 Å². The fourth-order valence-corrected chi connectivity index (χ4v) is 1.05. The highest BCUT2D eigenvalue weighted by Crippen LogP contribution is 2.45. The number of aromatic nitrogens is 2. The van der Waals surface area contributed by atoms with Crippen molar-refractivity contribution in [3.8, 4) is 0 Å². The van der Waals surface area contributed by atoms with Crippen molar-refractivity contribution in [1.82, 2.24) is 10.1 Å². The molecule has 1 aliphatic carbocycles. The van der Waals surface area contributed by atoms with Gasteiger partial charge < -0.3 is 4.52 Å². The molecule has 3 nitrogen and oxygen atoms in total. The van der Waals surface area contributed by atoms with Crippen molar-refractivity contribution in [3.63, 3.8) is 0 Å². The zero-order valence-corrected chi connectivity index (χ0v) is 6.92. The minimum Gasteiger partial charge on any atom is -0.339 e. The summed E-state index contributed by atoms with van der Waals surface area (Å²) < 4.78 is 5.02. The van der Waals surface area contributed by atoms with Gasteiger partial charge in [-0.05, 0) is 12.8 Å². The average Bonchev–Trinajstić information content (AvgIpc) is 2.61. The summed E-state index contributed by atoms with van der Waals surface area (Å²) in [4.78, 5) is 4.28. The highest BCUT2D eigenvalue weighted by atomic mass is 16.5. The maximum absolute atomic E-state index is 5.02. The lowest BCUT2D eigenvalue weighted by molar-refractivity contribution is 0.373. The molecule has 60 valence electrons. The van der Waals surface area contributed by atoms with E-state index in [1.54, 1.807) is 0 Å². The van der Waals surface area contributed by atoms with Crippen LogP contribution in [0.15, 0.2) is 4.52 Å². The molecule has 0 aromatic carbocycles. The summed E-state index contributed by atoms with van der Waals surface area (Å²) in [7, 11) is 0. The van der Waals surface area contributed by atoms with Crippen molar-refractivity contribution in [3.05, 3.63) is 11.7 Å². The summed E-state index contributed by atoms with van der Waals surface area (Å²) in [6, 6.07) is 0. The van der Waals surface area contributed by atoms with E-state index in [0.717, 1.165) is 18.1 Å². The molecule has 0 unspecified atom stereocenters. The Morgan fingerprint density at radius 3 is 2.73 bits per heavy atom. The molecule has 0 bridgehead atoms. The summed E-state index contributed by atoms with van der Waals surface area (Å²) in [6.07, 6.45) is 3.24. The Labute approximate surface area is 65.8 Å². The normalized spacial score (nSPS) is 20.2. The van der Waals surface area contributed by atoms with Crippen molar-refractivity contribution in [2.24, 2.45) is 0 Å². The SMILES string of the molecule is CCc1nc(C2(C)CC2)no1. The Morgan fingerprint density at radius 2 is 2.27 bits per heavy atom. The van der Waals surface area contributed by atoms with Gasteiger partial charge in [-0.1, -0.05) is 19.0 Å². The van der Waals surface area contributed by atoms with Crippen LogP contribution >= 0.6 is 0 Å². The molecule has 11 heavy (non-hydrogen) atoms. The third-order valence-electron chi connectivity index (χ3n) is 2.31. The van der Waals surface area contributed by atoms with E-state index in [0.29, 0.717) is 0 Å². The number of nitrogens with zero attached hydrogens (tertiary/aromatic N) is 2. The highest BCUT2D eigenvalue weighted by molar-refractivity contribution is 5.14. The van der Waals surface area contributed by atoms with E-state index in [1.807, 2.05) is 6.92 Å². The van der Waals surface area contributed by atoms with Crippen LogP contribution in [0.1, 0.15) is 38.4 Å². The van der Waals surface area contributed by atoms with Crippen LogP contribution in [0.5, 0.6) is 0 Å². The Kier molecular flexibility index (Phi) is 1.28. The van der Waals surface area contributed by atoms with Crippen LogP contribution in [-0.2, 0) is 11.8 Å². The first-order valence-corrected chi connectivity index (χ1v) is 4.08. The summed E-state index contributed by atoms with van der Waals surface area (Å²) in [5.74, 6) is 1.66. The third kappa shape index (κ3) is 1.04. The maximum atomic E-state index is 5.02.